The number of carbonyl (C=O) groups is 1. The topological polar surface area (TPSA) is 102 Å². The van der Waals surface area contributed by atoms with Crippen LogP contribution in [0.3, 0.4) is 0 Å². The molecule has 4 rings (SSSR count). The Kier molecular flexibility index (Phi) is 6.44. The summed E-state index contributed by atoms with van der Waals surface area (Å²) in [5.74, 6) is 1.46. The van der Waals surface area contributed by atoms with Gasteiger partial charge in [0.1, 0.15) is 5.75 Å². The summed E-state index contributed by atoms with van der Waals surface area (Å²) in [6.07, 6.45) is 3.33. The first-order chi connectivity index (χ1) is 15.2. The lowest BCUT2D eigenvalue weighted by Crippen LogP contribution is -2.12. The lowest BCUT2D eigenvalue weighted by Gasteiger charge is -2.05. The van der Waals surface area contributed by atoms with Crippen LogP contribution in [0.1, 0.15) is 17.4 Å². The van der Waals surface area contributed by atoms with Gasteiger partial charge in [-0.2, -0.15) is 0 Å². The molecule has 2 heterocycles. The summed E-state index contributed by atoms with van der Waals surface area (Å²) in [6, 6.07) is 18.1. The second kappa shape index (κ2) is 9.77. The summed E-state index contributed by atoms with van der Waals surface area (Å²) < 4.78 is 13.8. The number of rotatable bonds is 8. The molecule has 0 saturated carbocycles. The van der Waals surface area contributed by atoms with E-state index in [0.717, 1.165) is 16.2 Å². The van der Waals surface area contributed by atoms with Crippen molar-refractivity contribution in [2.75, 3.05) is 16.6 Å². The standard InChI is InChI=1S/C22H19N5O3S/c1-2-29-17-8-4-15(5-9-17)20-14-19(26-30-20)21(28)25-16-6-10-18(11-7-16)31-27-22-23-12-3-13-24-22/h3-14H,2H2,1H3,(H,25,28)(H,23,24,27). The van der Waals surface area contributed by atoms with Gasteiger partial charge in [-0.15, -0.1) is 0 Å². The van der Waals surface area contributed by atoms with Crippen molar-refractivity contribution in [3.05, 3.63) is 78.8 Å². The number of hydrogen-bond donors (Lipinski definition) is 2. The van der Waals surface area contributed by atoms with Gasteiger partial charge in [-0.05, 0) is 73.5 Å². The minimum absolute atomic E-state index is 0.199. The maximum Gasteiger partial charge on any atom is 0.277 e. The predicted octanol–water partition coefficient (Wildman–Crippen LogP) is 4.90. The Morgan fingerprint density at radius 2 is 1.81 bits per heavy atom. The second-order valence-electron chi connectivity index (χ2n) is 6.29. The highest BCUT2D eigenvalue weighted by Crippen LogP contribution is 2.24. The highest BCUT2D eigenvalue weighted by molar-refractivity contribution is 8.00. The molecule has 31 heavy (non-hydrogen) atoms. The van der Waals surface area contributed by atoms with E-state index in [-0.39, 0.29) is 11.6 Å². The minimum Gasteiger partial charge on any atom is -0.494 e. The Morgan fingerprint density at radius 1 is 1.06 bits per heavy atom. The zero-order chi connectivity index (χ0) is 21.5. The van der Waals surface area contributed by atoms with E-state index in [4.69, 9.17) is 9.26 Å². The van der Waals surface area contributed by atoms with Crippen LogP contribution in [0.25, 0.3) is 11.3 Å². The molecular weight excluding hydrogens is 414 g/mol. The van der Waals surface area contributed by atoms with Gasteiger partial charge in [-0.1, -0.05) is 5.16 Å². The van der Waals surface area contributed by atoms with Gasteiger partial charge in [0.15, 0.2) is 11.5 Å². The Balaban J connectivity index is 1.35. The molecule has 8 nitrogen and oxygen atoms in total. The predicted molar refractivity (Wildman–Crippen MR) is 119 cm³/mol. The van der Waals surface area contributed by atoms with E-state index < -0.39 is 0 Å². The Labute approximate surface area is 183 Å². The third kappa shape index (κ3) is 5.40. The molecule has 0 unspecified atom stereocenters. The smallest absolute Gasteiger partial charge is 0.277 e. The lowest BCUT2D eigenvalue weighted by molar-refractivity contribution is 0.101. The average molecular weight is 433 g/mol. The van der Waals surface area contributed by atoms with E-state index in [2.05, 4.69) is 25.2 Å². The van der Waals surface area contributed by atoms with Crippen LogP contribution in [0, 0.1) is 0 Å². The molecule has 2 aromatic heterocycles. The Hall–Kier alpha value is -3.85. The Morgan fingerprint density at radius 3 is 2.52 bits per heavy atom. The van der Waals surface area contributed by atoms with Crippen LogP contribution in [0.4, 0.5) is 11.6 Å². The minimum atomic E-state index is -0.350. The number of benzene rings is 2. The van der Waals surface area contributed by atoms with Crippen LogP contribution < -0.4 is 14.8 Å². The van der Waals surface area contributed by atoms with E-state index in [1.165, 1.54) is 11.9 Å². The highest BCUT2D eigenvalue weighted by atomic mass is 32.2. The number of ether oxygens (including phenoxy) is 1. The van der Waals surface area contributed by atoms with Gasteiger partial charge in [-0.3, -0.25) is 9.52 Å². The number of carbonyl (C=O) groups excluding carboxylic acids is 1. The number of nitrogens with one attached hydrogen (secondary N) is 2. The van der Waals surface area contributed by atoms with Crippen LogP contribution in [0.5, 0.6) is 5.75 Å². The van der Waals surface area contributed by atoms with Crippen molar-refractivity contribution in [1.82, 2.24) is 15.1 Å². The van der Waals surface area contributed by atoms with Gasteiger partial charge >= 0.3 is 0 Å². The van der Waals surface area contributed by atoms with Crippen molar-refractivity contribution in [3.8, 4) is 17.1 Å². The van der Waals surface area contributed by atoms with Gasteiger partial charge in [0, 0.05) is 34.6 Å². The summed E-state index contributed by atoms with van der Waals surface area (Å²) in [6.45, 7) is 2.53. The molecule has 0 fully saturated rings. The molecule has 1 amide bonds. The number of nitrogens with zero attached hydrogens (tertiary/aromatic N) is 3. The van der Waals surface area contributed by atoms with Crippen molar-refractivity contribution in [2.45, 2.75) is 11.8 Å². The van der Waals surface area contributed by atoms with Gasteiger partial charge in [0.05, 0.1) is 6.61 Å². The molecule has 0 aliphatic rings. The molecule has 4 aromatic rings. The molecule has 2 N–H and O–H groups in total. The van der Waals surface area contributed by atoms with Crippen LogP contribution in [-0.4, -0.2) is 27.6 Å². The van der Waals surface area contributed by atoms with E-state index in [9.17, 15) is 4.79 Å². The van der Waals surface area contributed by atoms with E-state index in [0.29, 0.717) is 24.0 Å². The summed E-state index contributed by atoms with van der Waals surface area (Å²) in [5, 5.41) is 6.70. The fraction of sp³-hybridized carbons (Fsp3) is 0.0909. The molecule has 0 aliphatic heterocycles. The largest absolute Gasteiger partial charge is 0.494 e. The molecule has 0 saturated heterocycles. The summed E-state index contributed by atoms with van der Waals surface area (Å²) in [5.41, 5.74) is 1.66. The third-order valence-corrected chi connectivity index (χ3v) is 4.92. The molecule has 9 heteroatoms. The van der Waals surface area contributed by atoms with Gasteiger partial charge in [0.2, 0.25) is 5.95 Å². The molecular formula is C22H19N5O3S. The van der Waals surface area contributed by atoms with Gasteiger partial charge < -0.3 is 14.6 Å². The van der Waals surface area contributed by atoms with Crippen molar-refractivity contribution < 1.29 is 14.1 Å². The maximum atomic E-state index is 12.5. The van der Waals surface area contributed by atoms with Crippen molar-refractivity contribution >= 4 is 29.5 Å². The van der Waals surface area contributed by atoms with Crippen molar-refractivity contribution in [2.24, 2.45) is 0 Å². The number of anilines is 2. The van der Waals surface area contributed by atoms with Crippen molar-refractivity contribution in [1.29, 1.82) is 0 Å². The molecule has 0 atom stereocenters. The van der Waals surface area contributed by atoms with E-state index in [1.54, 1.807) is 36.7 Å². The quantitative estimate of drug-likeness (QED) is 0.378. The summed E-state index contributed by atoms with van der Waals surface area (Å²) in [4.78, 5) is 21.7. The zero-order valence-corrected chi connectivity index (χ0v) is 17.4. The molecule has 2 aromatic carbocycles. The SMILES string of the molecule is CCOc1ccc(-c2cc(C(=O)Nc3ccc(SNc4ncccn4)cc3)no2)cc1. The zero-order valence-electron chi connectivity index (χ0n) is 16.6. The lowest BCUT2D eigenvalue weighted by atomic mass is 10.1. The monoisotopic (exact) mass is 433 g/mol. The first-order valence-corrected chi connectivity index (χ1v) is 10.3. The molecule has 0 spiro atoms. The first-order valence-electron chi connectivity index (χ1n) is 9.52. The van der Waals surface area contributed by atoms with Crippen LogP contribution in [0.15, 0.2) is 82.5 Å². The average Bonchev–Trinajstić information content (AvgIpc) is 3.31. The normalized spacial score (nSPS) is 10.5. The third-order valence-electron chi connectivity index (χ3n) is 4.13. The fourth-order valence-corrected chi connectivity index (χ4v) is 3.24. The second-order valence-corrected chi connectivity index (χ2v) is 7.17. The summed E-state index contributed by atoms with van der Waals surface area (Å²) >= 11 is 1.38. The van der Waals surface area contributed by atoms with Gasteiger partial charge in [0.25, 0.3) is 5.91 Å². The van der Waals surface area contributed by atoms with Crippen LogP contribution in [0.2, 0.25) is 0 Å². The number of aromatic nitrogens is 3. The maximum absolute atomic E-state index is 12.5. The van der Waals surface area contributed by atoms with Crippen LogP contribution in [-0.2, 0) is 0 Å². The number of hydrogen-bond acceptors (Lipinski definition) is 8. The highest BCUT2D eigenvalue weighted by Gasteiger charge is 2.14. The van der Waals surface area contributed by atoms with Crippen LogP contribution >= 0.6 is 11.9 Å². The number of amides is 1. The molecule has 0 aliphatic carbocycles. The van der Waals surface area contributed by atoms with Crippen molar-refractivity contribution in [3.63, 3.8) is 0 Å². The van der Waals surface area contributed by atoms with E-state index >= 15 is 0 Å². The fourth-order valence-electron chi connectivity index (χ4n) is 2.66. The van der Waals surface area contributed by atoms with Gasteiger partial charge in [-0.25, -0.2) is 9.97 Å². The first kappa shape index (κ1) is 20.4. The summed E-state index contributed by atoms with van der Waals surface area (Å²) in [7, 11) is 0. The molecule has 0 radical (unpaired) electrons. The van der Waals surface area contributed by atoms with E-state index in [1.807, 2.05) is 43.3 Å². The Bertz CT molecular complexity index is 1130. The molecule has 156 valence electrons. The molecule has 0 bridgehead atoms.